The average Bonchev–Trinajstić information content (AvgIpc) is 2.75. The van der Waals surface area contributed by atoms with Crippen LogP contribution >= 0.6 is 0 Å². The van der Waals surface area contributed by atoms with Gasteiger partial charge in [-0.15, -0.1) is 0 Å². The first-order valence-electron chi connectivity index (χ1n) is 10.6. The Hall–Kier alpha value is -2.22. The molecule has 1 heterocycles. The van der Waals surface area contributed by atoms with Crippen molar-refractivity contribution in [3.8, 4) is 0 Å². The van der Waals surface area contributed by atoms with E-state index in [1.165, 1.54) is 15.4 Å². The number of piperazine rings is 1. The number of hydrogen-bond acceptors (Lipinski definition) is 3. The lowest BCUT2D eigenvalue weighted by Gasteiger charge is -2.31. The van der Waals surface area contributed by atoms with Crippen molar-refractivity contribution in [1.82, 2.24) is 9.62 Å². The number of amides is 1. The summed E-state index contributed by atoms with van der Waals surface area (Å²) in [6, 6.07) is 17.1. The summed E-state index contributed by atoms with van der Waals surface area (Å²) in [4.78, 5) is 13.7. The Morgan fingerprint density at radius 1 is 1.03 bits per heavy atom. The van der Waals surface area contributed by atoms with Crippen molar-refractivity contribution in [2.45, 2.75) is 31.1 Å². The number of hydrogen-bond donors (Lipinski definition) is 2. The van der Waals surface area contributed by atoms with Crippen molar-refractivity contribution in [2.24, 2.45) is 0 Å². The highest BCUT2D eigenvalue weighted by Crippen LogP contribution is 2.15. The summed E-state index contributed by atoms with van der Waals surface area (Å²) in [6.45, 7) is 7.48. The molecule has 0 atom stereocenters. The molecule has 7 heteroatoms. The second-order valence-corrected chi connectivity index (χ2v) is 10.1. The second kappa shape index (κ2) is 10.2. The summed E-state index contributed by atoms with van der Waals surface area (Å²) in [5.74, 6) is 0.535. The number of nitrogens with one attached hydrogen (secondary N) is 2. The van der Waals surface area contributed by atoms with Crippen molar-refractivity contribution < 1.29 is 18.1 Å². The zero-order valence-corrected chi connectivity index (χ0v) is 18.6. The number of carbonyl (C=O) groups excluding carboxylic acids is 1. The second-order valence-electron chi connectivity index (χ2n) is 8.14. The van der Waals surface area contributed by atoms with Crippen LogP contribution in [-0.4, -0.2) is 57.9 Å². The maximum Gasteiger partial charge on any atom is 0.275 e. The molecule has 2 N–H and O–H groups in total. The van der Waals surface area contributed by atoms with Crippen LogP contribution in [0.5, 0.6) is 0 Å². The first-order valence-corrected chi connectivity index (χ1v) is 12.0. The molecule has 0 aromatic heterocycles. The monoisotopic (exact) mass is 430 g/mol. The molecule has 0 radical (unpaired) electrons. The van der Waals surface area contributed by atoms with Crippen LogP contribution in [0.3, 0.4) is 0 Å². The Balaban J connectivity index is 1.40. The van der Waals surface area contributed by atoms with Gasteiger partial charge in [-0.05, 0) is 35.6 Å². The molecule has 0 unspecified atom stereocenters. The van der Waals surface area contributed by atoms with Crippen molar-refractivity contribution in [1.29, 1.82) is 0 Å². The van der Waals surface area contributed by atoms with Gasteiger partial charge in [0.15, 0.2) is 6.54 Å². The van der Waals surface area contributed by atoms with Crippen LogP contribution in [-0.2, 0) is 21.2 Å². The minimum atomic E-state index is -3.45. The van der Waals surface area contributed by atoms with E-state index in [1.54, 1.807) is 30.3 Å². The van der Waals surface area contributed by atoms with E-state index in [4.69, 9.17) is 0 Å². The lowest BCUT2D eigenvalue weighted by molar-refractivity contribution is -0.895. The number of carbonyl (C=O) groups is 1. The molecule has 30 heavy (non-hydrogen) atoms. The SMILES string of the molecule is CC(C)c1ccc(CCNC(=O)C[NH+]2CCN(S(=O)(=O)c3ccccc3)CC2)cc1. The summed E-state index contributed by atoms with van der Waals surface area (Å²) in [7, 11) is -3.45. The predicted molar refractivity (Wildman–Crippen MR) is 118 cm³/mol. The normalized spacial score (nSPS) is 16.0. The van der Waals surface area contributed by atoms with E-state index < -0.39 is 10.0 Å². The predicted octanol–water partition coefficient (Wildman–Crippen LogP) is 1.06. The smallest absolute Gasteiger partial charge is 0.275 e. The van der Waals surface area contributed by atoms with Crippen molar-refractivity contribution in [3.63, 3.8) is 0 Å². The van der Waals surface area contributed by atoms with E-state index in [-0.39, 0.29) is 5.91 Å². The van der Waals surface area contributed by atoms with Crippen LogP contribution in [0.2, 0.25) is 0 Å². The van der Waals surface area contributed by atoms with E-state index in [2.05, 4.69) is 43.4 Å². The molecule has 0 saturated carbocycles. The lowest BCUT2D eigenvalue weighted by Crippen LogP contribution is -3.15. The van der Waals surface area contributed by atoms with Gasteiger partial charge in [-0.3, -0.25) is 4.79 Å². The molecule has 0 aliphatic carbocycles. The minimum Gasteiger partial charge on any atom is -0.351 e. The molecule has 1 saturated heterocycles. The zero-order valence-electron chi connectivity index (χ0n) is 17.8. The highest BCUT2D eigenvalue weighted by molar-refractivity contribution is 7.89. The number of nitrogens with zero attached hydrogens (tertiary/aromatic N) is 1. The average molecular weight is 431 g/mol. The maximum absolute atomic E-state index is 12.7. The summed E-state index contributed by atoms with van der Waals surface area (Å²) >= 11 is 0. The van der Waals surface area contributed by atoms with Gasteiger partial charge in [-0.1, -0.05) is 56.3 Å². The zero-order chi connectivity index (χ0) is 21.6. The summed E-state index contributed by atoms with van der Waals surface area (Å²) in [6.07, 6.45) is 0.808. The molecule has 2 aromatic carbocycles. The van der Waals surface area contributed by atoms with Gasteiger partial charge in [0.25, 0.3) is 5.91 Å². The Morgan fingerprint density at radius 2 is 1.67 bits per heavy atom. The molecule has 2 aromatic rings. The molecule has 0 bridgehead atoms. The number of benzene rings is 2. The van der Waals surface area contributed by atoms with Gasteiger partial charge < -0.3 is 10.2 Å². The molecule has 162 valence electrons. The quantitative estimate of drug-likeness (QED) is 0.658. The topological polar surface area (TPSA) is 70.9 Å². The Labute approximate surface area is 179 Å². The Bertz CT molecular complexity index is 920. The molecule has 1 aliphatic heterocycles. The standard InChI is InChI=1S/C23H31N3O3S/c1-19(2)21-10-8-20(9-11-21)12-13-24-23(27)18-25-14-16-26(17-15-25)30(28,29)22-6-4-3-5-7-22/h3-11,19H,12-18H2,1-2H3,(H,24,27)/p+1. The summed E-state index contributed by atoms with van der Waals surface area (Å²) < 4.78 is 26.9. The van der Waals surface area contributed by atoms with Crippen LogP contribution in [0.15, 0.2) is 59.5 Å². The van der Waals surface area contributed by atoms with Crippen LogP contribution in [0.1, 0.15) is 30.9 Å². The fourth-order valence-corrected chi connectivity index (χ4v) is 5.13. The Morgan fingerprint density at radius 3 is 2.27 bits per heavy atom. The van der Waals surface area contributed by atoms with E-state index in [1.807, 2.05) is 0 Å². The van der Waals surface area contributed by atoms with Crippen molar-refractivity contribution in [2.75, 3.05) is 39.3 Å². The minimum absolute atomic E-state index is 0.0168. The van der Waals surface area contributed by atoms with Gasteiger partial charge in [-0.2, -0.15) is 4.31 Å². The summed E-state index contributed by atoms with van der Waals surface area (Å²) in [5.41, 5.74) is 2.53. The van der Waals surface area contributed by atoms with Gasteiger partial charge >= 0.3 is 0 Å². The molecule has 1 fully saturated rings. The van der Waals surface area contributed by atoms with Gasteiger partial charge in [0.2, 0.25) is 10.0 Å². The molecular weight excluding hydrogens is 398 g/mol. The van der Waals surface area contributed by atoms with Gasteiger partial charge in [0.05, 0.1) is 31.1 Å². The molecule has 0 spiro atoms. The molecule has 1 amide bonds. The number of sulfonamides is 1. The fourth-order valence-electron chi connectivity index (χ4n) is 3.67. The van der Waals surface area contributed by atoms with Crippen molar-refractivity contribution in [3.05, 3.63) is 65.7 Å². The van der Waals surface area contributed by atoms with Crippen LogP contribution in [0.4, 0.5) is 0 Å². The third kappa shape index (κ3) is 5.90. The van der Waals surface area contributed by atoms with Crippen LogP contribution in [0.25, 0.3) is 0 Å². The van der Waals surface area contributed by atoms with Gasteiger partial charge in [-0.25, -0.2) is 8.42 Å². The first kappa shape index (κ1) is 22.5. The molecule has 6 nitrogen and oxygen atoms in total. The first-order chi connectivity index (χ1) is 14.4. The largest absolute Gasteiger partial charge is 0.351 e. The van der Waals surface area contributed by atoms with E-state index >= 15 is 0 Å². The molecular formula is C23H32N3O3S+. The molecule has 1 aliphatic rings. The van der Waals surface area contributed by atoms with Gasteiger partial charge in [0.1, 0.15) is 0 Å². The third-order valence-corrected chi connectivity index (χ3v) is 7.52. The fraction of sp³-hybridized carbons (Fsp3) is 0.435. The Kier molecular flexibility index (Phi) is 7.64. The van der Waals surface area contributed by atoms with E-state index in [9.17, 15) is 13.2 Å². The highest BCUT2D eigenvalue weighted by atomic mass is 32.2. The maximum atomic E-state index is 12.7. The van der Waals surface area contributed by atoms with Gasteiger partial charge in [0, 0.05) is 6.54 Å². The van der Waals surface area contributed by atoms with Crippen LogP contribution in [0, 0.1) is 0 Å². The number of rotatable bonds is 8. The summed E-state index contributed by atoms with van der Waals surface area (Å²) in [5, 5.41) is 2.99. The van der Waals surface area contributed by atoms with Crippen LogP contribution < -0.4 is 10.2 Å². The lowest BCUT2D eigenvalue weighted by atomic mass is 10.0. The molecule has 3 rings (SSSR count). The highest BCUT2D eigenvalue weighted by Gasteiger charge is 2.30. The van der Waals surface area contributed by atoms with Crippen molar-refractivity contribution >= 4 is 15.9 Å². The van der Waals surface area contributed by atoms with E-state index in [0.717, 1.165) is 11.3 Å². The third-order valence-electron chi connectivity index (χ3n) is 5.60. The van der Waals surface area contributed by atoms with E-state index in [0.29, 0.717) is 50.1 Å². The number of quaternary nitrogens is 1.